The summed E-state index contributed by atoms with van der Waals surface area (Å²) in [6.07, 6.45) is 0.508. The number of aromatic nitrogens is 1. The van der Waals surface area contributed by atoms with Crippen LogP contribution in [0.3, 0.4) is 0 Å². The molecule has 0 spiro atoms. The Bertz CT molecular complexity index is 1580. The summed E-state index contributed by atoms with van der Waals surface area (Å²) in [5, 5.41) is 0.877. The van der Waals surface area contributed by atoms with Crippen LogP contribution < -0.4 is 15.0 Å². The van der Waals surface area contributed by atoms with Crippen LogP contribution in [0.1, 0.15) is 22.3 Å². The fraction of sp³-hybridized carbons (Fsp3) is 0.250. The fourth-order valence-corrected chi connectivity index (χ4v) is 5.99. The summed E-state index contributed by atoms with van der Waals surface area (Å²) in [4.78, 5) is 16.1. The van der Waals surface area contributed by atoms with Crippen LogP contribution in [0.2, 0.25) is 0 Å². The normalized spacial score (nSPS) is 13.3. The second-order valence-corrected chi connectivity index (χ2v) is 11.0. The van der Waals surface area contributed by atoms with Gasteiger partial charge in [0.25, 0.3) is 5.56 Å². The third kappa shape index (κ3) is 4.87. The highest BCUT2D eigenvalue weighted by molar-refractivity contribution is 7.89. The Kier molecular flexibility index (Phi) is 6.55. The Hall–Kier alpha value is -3.62. The molecular weight excluding hydrogens is 476 g/mol. The van der Waals surface area contributed by atoms with E-state index >= 15 is 0 Å². The van der Waals surface area contributed by atoms with E-state index in [1.807, 2.05) is 56.3 Å². The topological polar surface area (TPSA) is 88.7 Å². The molecule has 3 aromatic carbocycles. The molecule has 1 aliphatic heterocycles. The van der Waals surface area contributed by atoms with Gasteiger partial charge >= 0.3 is 0 Å². The largest absolute Gasteiger partial charge is 0.486 e. The molecular formula is C28H28N2O5S. The van der Waals surface area contributed by atoms with Crippen molar-refractivity contribution < 1.29 is 17.9 Å². The molecule has 0 aliphatic carbocycles. The van der Waals surface area contributed by atoms with Crippen molar-refractivity contribution in [3.05, 3.63) is 99.3 Å². The van der Waals surface area contributed by atoms with Crippen molar-refractivity contribution in [1.29, 1.82) is 0 Å². The first-order chi connectivity index (χ1) is 17.3. The zero-order valence-corrected chi connectivity index (χ0v) is 21.1. The van der Waals surface area contributed by atoms with E-state index < -0.39 is 10.0 Å². The van der Waals surface area contributed by atoms with Gasteiger partial charge in [0.1, 0.15) is 13.2 Å². The molecule has 0 amide bonds. The summed E-state index contributed by atoms with van der Waals surface area (Å²) in [5.74, 6) is 0.924. The van der Waals surface area contributed by atoms with Gasteiger partial charge in [0.2, 0.25) is 10.0 Å². The van der Waals surface area contributed by atoms with Gasteiger partial charge < -0.3 is 14.5 Å². The van der Waals surface area contributed by atoms with E-state index in [2.05, 4.69) is 4.98 Å². The van der Waals surface area contributed by atoms with Gasteiger partial charge in [-0.25, -0.2) is 8.42 Å². The van der Waals surface area contributed by atoms with Gasteiger partial charge in [-0.2, -0.15) is 4.31 Å². The lowest BCUT2D eigenvalue weighted by Gasteiger charge is -2.24. The SMILES string of the molecule is Cc1cc(C)c2[nH]c(=O)c(CN(CCc3ccccc3)S(=O)(=O)c3ccc4c(c3)OCCO4)cc2c1. The zero-order valence-electron chi connectivity index (χ0n) is 20.3. The number of pyridine rings is 1. The molecule has 7 nitrogen and oxygen atoms in total. The highest BCUT2D eigenvalue weighted by atomic mass is 32.2. The Morgan fingerprint density at radius 1 is 0.917 bits per heavy atom. The number of aromatic amines is 1. The van der Waals surface area contributed by atoms with Gasteiger partial charge in [-0.1, -0.05) is 42.0 Å². The number of nitrogens with zero attached hydrogens (tertiary/aromatic N) is 1. The predicted molar refractivity (Wildman–Crippen MR) is 139 cm³/mol. The molecule has 8 heteroatoms. The Balaban J connectivity index is 1.53. The van der Waals surface area contributed by atoms with E-state index in [-0.39, 0.29) is 23.5 Å². The number of benzene rings is 3. The summed E-state index contributed by atoms with van der Waals surface area (Å²) in [5.41, 5.74) is 3.91. The van der Waals surface area contributed by atoms with Crippen LogP contribution in [0.5, 0.6) is 11.5 Å². The van der Waals surface area contributed by atoms with Gasteiger partial charge in [-0.3, -0.25) is 4.79 Å². The van der Waals surface area contributed by atoms with E-state index in [9.17, 15) is 13.2 Å². The van der Waals surface area contributed by atoms with Gasteiger partial charge in [-0.05, 0) is 61.0 Å². The average molecular weight is 505 g/mol. The fourth-order valence-electron chi connectivity index (χ4n) is 4.56. The Morgan fingerprint density at radius 2 is 1.67 bits per heavy atom. The van der Waals surface area contributed by atoms with Crippen LogP contribution in [0.15, 0.2) is 76.4 Å². The summed E-state index contributed by atoms with van der Waals surface area (Å²) in [6.45, 7) is 4.89. The molecule has 5 rings (SSSR count). The maximum absolute atomic E-state index is 13.8. The molecule has 1 aromatic heterocycles. The molecule has 0 radical (unpaired) electrons. The standard InChI is InChI=1S/C28H28N2O5S/c1-19-14-20(2)27-22(15-19)16-23(28(31)29-27)18-30(11-10-21-6-4-3-5-7-21)36(32,33)24-8-9-25-26(17-24)35-13-12-34-25/h3-9,14-17H,10-13,18H2,1-2H3,(H,29,31). The summed E-state index contributed by atoms with van der Waals surface area (Å²) >= 11 is 0. The van der Waals surface area contributed by atoms with Crippen molar-refractivity contribution in [3.63, 3.8) is 0 Å². The summed E-state index contributed by atoms with van der Waals surface area (Å²) < 4.78 is 40.2. The van der Waals surface area contributed by atoms with Gasteiger partial charge in [0.05, 0.1) is 10.4 Å². The minimum Gasteiger partial charge on any atom is -0.486 e. The Morgan fingerprint density at radius 3 is 2.44 bits per heavy atom. The zero-order chi connectivity index (χ0) is 25.3. The number of nitrogens with one attached hydrogen (secondary N) is 1. The second kappa shape index (κ2) is 9.79. The molecule has 0 fully saturated rings. The van der Waals surface area contributed by atoms with E-state index in [1.54, 1.807) is 12.1 Å². The number of fused-ring (bicyclic) bond motifs is 2. The third-order valence-corrected chi connectivity index (χ3v) is 8.20. The molecule has 186 valence electrons. The van der Waals surface area contributed by atoms with Gasteiger partial charge in [0, 0.05) is 24.7 Å². The maximum Gasteiger partial charge on any atom is 0.252 e. The smallest absolute Gasteiger partial charge is 0.252 e. The van der Waals surface area contributed by atoms with Crippen molar-refractivity contribution in [2.24, 2.45) is 0 Å². The first-order valence-electron chi connectivity index (χ1n) is 11.9. The minimum absolute atomic E-state index is 0.0537. The first kappa shape index (κ1) is 24.1. The van der Waals surface area contributed by atoms with Crippen LogP contribution in [0, 0.1) is 13.8 Å². The molecule has 0 bridgehead atoms. The van der Waals surface area contributed by atoms with E-state index in [0.717, 1.165) is 27.6 Å². The van der Waals surface area contributed by atoms with E-state index in [4.69, 9.17) is 9.47 Å². The van der Waals surface area contributed by atoms with Gasteiger partial charge in [-0.15, -0.1) is 0 Å². The highest BCUT2D eigenvalue weighted by Crippen LogP contribution is 2.33. The van der Waals surface area contributed by atoms with Crippen LogP contribution >= 0.6 is 0 Å². The van der Waals surface area contributed by atoms with Crippen molar-refractivity contribution in [2.75, 3.05) is 19.8 Å². The second-order valence-electron chi connectivity index (χ2n) is 9.05. The number of aryl methyl sites for hydroxylation is 2. The number of sulfonamides is 1. The van der Waals surface area contributed by atoms with Crippen molar-refractivity contribution >= 4 is 20.9 Å². The summed E-state index contributed by atoms with van der Waals surface area (Å²) in [6, 6.07) is 20.1. The quantitative estimate of drug-likeness (QED) is 0.404. The van der Waals surface area contributed by atoms with Crippen LogP contribution in [0.25, 0.3) is 10.9 Å². The molecule has 1 aliphatic rings. The molecule has 0 atom stereocenters. The van der Waals surface area contributed by atoms with Crippen LogP contribution in [-0.2, 0) is 23.0 Å². The summed E-state index contributed by atoms with van der Waals surface area (Å²) in [7, 11) is -3.94. The monoisotopic (exact) mass is 504 g/mol. The lowest BCUT2D eigenvalue weighted by molar-refractivity contribution is 0.171. The predicted octanol–water partition coefficient (Wildman–Crippen LogP) is 4.35. The molecule has 2 heterocycles. The number of hydrogen-bond donors (Lipinski definition) is 1. The molecule has 0 unspecified atom stereocenters. The Labute approximate surface area is 210 Å². The lowest BCUT2D eigenvalue weighted by Crippen LogP contribution is -2.34. The molecule has 36 heavy (non-hydrogen) atoms. The molecule has 1 N–H and O–H groups in total. The van der Waals surface area contributed by atoms with Crippen LogP contribution in [-0.4, -0.2) is 37.5 Å². The van der Waals surface area contributed by atoms with Crippen molar-refractivity contribution in [1.82, 2.24) is 9.29 Å². The van der Waals surface area contributed by atoms with E-state index in [0.29, 0.717) is 36.7 Å². The number of hydrogen-bond acceptors (Lipinski definition) is 5. The number of H-pyrrole nitrogens is 1. The van der Waals surface area contributed by atoms with E-state index in [1.165, 1.54) is 16.4 Å². The van der Waals surface area contributed by atoms with Crippen molar-refractivity contribution in [3.8, 4) is 11.5 Å². The third-order valence-electron chi connectivity index (χ3n) is 6.36. The van der Waals surface area contributed by atoms with Crippen LogP contribution in [0.4, 0.5) is 0 Å². The molecule has 0 saturated heterocycles. The molecule has 4 aromatic rings. The van der Waals surface area contributed by atoms with Gasteiger partial charge in [0.15, 0.2) is 11.5 Å². The minimum atomic E-state index is -3.94. The first-order valence-corrected chi connectivity index (χ1v) is 13.3. The highest BCUT2D eigenvalue weighted by Gasteiger charge is 2.27. The molecule has 0 saturated carbocycles. The lowest BCUT2D eigenvalue weighted by atomic mass is 10.1. The number of rotatable bonds is 7. The maximum atomic E-state index is 13.8. The average Bonchev–Trinajstić information content (AvgIpc) is 2.87. The number of ether oxygens (including phenoxy) is 2. The van der Waals surface area contributed by atoms with Crippen molar-refractivity contribution in [2.45, 2.75) is 31.7 Å².